The van der Waals surface area contributed by atoms with E-state index >= 15 is 0 Å². The van der Waals surface area contributed by atoms with E-state index in [1.54, 1.807) is 36.4 Å². The Morgan fingerprint density at radius 1 is 0.842 bits per heavy atom. The molecule has 4 rings (SSSR count). The third kappa shape index (κ3) is 6.72. The fourth-order valence-corrected chi connectivity index (χ4v) is 6.15. The van der Waals surface area contributed by atoms with Crippen LogP contribution in [-0.4, -0.2) is 59.4 Å². The zero-order chi connectivity index (χ0) is 27.4. The van der Waals surface area contributed by atoms with E-state index in [0.717, 1.165) is 51.7 Å². The monoisotopic (exact) mass is 560 g/mol. The van der Waals surface area contributed by atoms with Crippen LogP contribution in [0.1, 0.15) is 46.0 Å². The summed E-state index contributed by atoms with van der Waals surface area (Å²) in [5.74, 6) is -0.132. The van der Waals surface area contributed by atoms with E-state index in [4.69, 9.17) is 34.7 Å². The molecule has 2 aliphatic heterocycles. The molecule has 206 valence electrons. The van der Waals surface area contributed by atoms with Crippen molar-refractivity contribution in [2.24, 2.45) is 5.92 Å². The van der Waals surface area contributed by atoms with E-state index in [9.17, 15) is 9.59 Å². The number of benzene rings is 2. The summed E-state index contributed by atoms with van der Waals surface area (Å²) in [6.45, 7) is 6.49. The Labute approximate surface area is 235 Å². The van der Waals surface area contributed by atoms with Crippen LogP contribution >= 0.6 is 23.2 Å². The lowest BCUT2D eigenvalue weighted by atomic mass is 9.92. The van der Waals surface area contributed by atoms with Gasteiger partial charge in [-0.2, -0.15) is 0 Å². The Hall–Kier alpha value is -2.52. The lowest BCUT2D eigenvalue weighted by Crippen LogP contribution is -2.65. The summed E-state index contributed by atoms with van der Waals surface area (Å²) in [5.41, 5.74) is 13.7. The second kappa shape index (κ2) is 12.6. The van der Waals surface area contributed by atoms with Gasteiger partial charge in [0, 0.05) is 24.0 Å². The van der Waals surface area contributed by atoms with Crippen LogP contribution < -0.4 is 22.1 Å². The van der Waals surface area contributed by atoms with Crippen LogP contribution in [0, 0.1) is 5.92 Å². The average molecular weight is 562 g/mol. The number of piperidine rings is 2. The fraction of sp³-hybridized carbons (Fsp3) is 0.500. The van der Waals surface area contributed by atoms with Crippen molar-refractivity contribution in [3.8, 4) is 0 Å². The topological polar surface area (TPSA) is 117 Å². The number of likely N-dealkylation sites (tertiary alicyclic amines) is 2. The van der Waals surface area contributed by atoms with Crippen molar-refractivity contribution >= 4 is 57.8 Å². The molecule has 10 heteroatoms. The molecule has 2 aromatic rings. The summed E-state index contributed by atoms with van der Waals surface area (Å²) in [5, 5.41) is 6.71. The zero-order valence-electron chi connectivity index (χ0n) is 22.1. The minimum absolute atomic E-state index is 0.138. The molecule has 2 amide bonds. The van der Waals surface area contributed by atoms with Crippen molar-refractivity contribution in [3.05, 3.63) is 46.4 Å². The Morgan fingerprint density at radius 2 is 1.42 bits per heavy atom. The van der Waals surface area contributed by atoms with Crippen LogP contribution in [0.3, 0.4) is 0 Å². The SMILES string of the molecule is CC1CCCN(C(C(=O)Nc2ccc(N)cc2Cl)C(C(=O)Nc2ccc(N)cc2Cl)N2CCCCC2C)C1. The van der Waals surface area contributed by atoms with E-state index in [0.29, 0.717) is 38.7 Å². The van der Waals surface area contributed by atoms with Gasteiger partial charge in [-0.1, -0.05) is 36.5 Å². The number of nitrogens with two attached hydrogens (primary N) is 2. The number of halogens is 2. The van der Waals surface area contributed by atoms with Crippen LogP contribution in [0.15, 0.2) is 36.4 Å². The van der Waals surface area contributed by atoms with Crippen molar-refractivity contribution < 1.29 is 9.59 Å². The first-order valence-corrected chi connectivity index (χ1v) is 14.1. The Balaban J connectivity index is 1.73. The van der Waals surface area contributed by atoms with Gasteiger partial charge in [-0.25, -0.2) is 0 Å². The number of nitrogens with one attached hydrogen (secondary N) is 2. The minimum Gasteiger partial charge on any atom is -0.399 e. The van der Waals surface area contributed by atoms with Gasteiger partial charge in [0.25, 0.3) is 0 Å². The van der Waals surface area contributed by atoms with Crippen molar-refractivity contribution in [1.82, 2.24) is 9.80 Å². The molecule has 0 spiro atoms. The standard InChI is InChI=1S/C28H38Cl2N6O2/c1-17-6-5-12-35(16-17)25(27(37)33-23-10-8-19(31)14-21(23)29)26(36-13-4-3-7-18(36)2)28(38)34-24-11-9-20(32)15-22(24)30/h8-11,14-15,17-18,25-26H,3-7,12-13,16,31-32H2,1-2H3,(H,33,37)(H,34,38). The van der Waals surface area contributed by atoms with Crippen molar-refractivity contribution in [3.63, 3.8) is 0 Å². The van der Waals surface area contributed by atoms with Gasteiger partial charge < -0.3 is 22.1 Å². The second-order valence-corrected chi connectivity index (χ2v) is 11.5. The third-order valence-electron chi connectivity index (χ3n) is 7.63. The molecule has 2 saturated heterocycles. The largest absolute Gasteiger partial charge is 0.399 e. The highest BCUT2D eigenvalue weighted by atomic mass is 35.5. The number of carbonyl (C=O) groups is 2. The van der Waals surface area contributed by atoms with Crippen LogP contribution in [0.4, 0.5) is 22.7 Å². The lowest BCUT2D eigenvalue weighted by molar-refractivity contribution is -0.135. The average Bonchev–Trinajstić information content (AvgIpc) is 2.86. The predicted molar refractivity (Wildman–Crippen MR) is 157 cm³/mol. The molecule has 0 radical (unpaired) electrons. The number of carbonyl (C=O) groups excluding carboxylic acids is 2. The molecule has 4 atom stereocenters. The van der Waals surface area contributed by atoms with E-state index < -0.39 is 12.1 Å². The molecule has 6 N–H and O–H groups in total. The summed E-state index contributed by atoms with van der Waals surface area (Å²) in [4.78, 5) is 32.6. The number of hydrogen-bond donors (Lipinski definition) is 4. The molecule has 2 heterocycles. The van der Waals surface area contributed by atoms with Crippen LogP contribution in [0.5, 0.6) is 0 Å². The van der Waals surface area contributed by atoms with Gasteiger partial charge in [-0.15, -0.1) is 0 Å². The molecular weight excluding hydrogens is 523 g/mol. The molecule has 2 fully saturated rings. The third-order valence-corrected chi connectivity index (χ3v) is 8.26. The molecule has 0 bridgehead atoms. The summed E-state index contributed by atoms with van der Waals surface area (Å²) in [6, 6.07) is 8.65. The molecule has 8 nitrogen and oxygen atoms in total. The normalized spacial score (nSPS) is 22.4. The number of anilines is 4. The van der Waals surface area contributed by atoms with Crippen LogP contribution in [0.2, 0.25) is 10.0 Å². The quantitative estimate of drug-likeness (QED) is 0.351. The Kier molecular flexibility index (Phi) is 9.41. The van der Waals surface area contributed by atoms with Gasteiger partial charge in [0.15, 0.2) is 0 Å². The maximum atomic E-state index is 14.1. The van der Waals surface area contributed by atoms with Crippen molar-refractivity contribution in [2.45, 2.75) is 64.1 Å². The molecule has 2 aromatic carbocycles. The summed E-state index contributed by atoms with van der Waals surface area (Å²) >= 11 is 12.8. The second-order valence-electron chi connectivity index (χ2n) is 10.7. The molecule has 4 unspecified atom stereocenters. The van der Waals surface area contributed by atoms with Gasteiger partial charge in [0.1, 0.15) is 12.1 Å². The van der Waals surface area contributed by atoms with Gasteiger partial charge in [-0.05, 0) is 88.0 Å². The summed E-state index contributed by atoms with van der Waals surface area (Å²) in [6.07, 6.45) is 5.06. The molecule has 0 aliphatic carbocycles. The lowest BCUT2D eigenvalue weighted by Gasteiger charge is -2.46. The zero-order valence-corrected chi connectivity index (χ0v) is 23.6. The van der Waals surface area contributed by atoms with E-state index in [2.05, 4.69) is 34.3 Å². The van der Waals surface area contributed by atoms with Gasteiger partial charge in [-0.3, -0.25) is 19.4 Å². The number of nitrogen functional groups attached to an aromatic ring is 2. The van der Waals surface area contributed by atoms with Crippen molar-refractivity contribution in [2.75, 3.05) is 41.7 Å². The summed E-state index contributed by atoms with van der Waals surface area (Å²) < 4.78 is 0. The van der Waals surface area contributed by atoms with Gasteiger partial charge >= 0.3 is 0 Å². The Bertz CT molecular complexity index is 1160. The number of hydrogen-bond acceptors (Lipinski definition) is 6. The Morgan fingerprint density at radius 3 is 1.95 bits per heavy atom. The first-order valence-electron chi connectivity index (χ1n) is 13.4. The van der Waals surface area contributed by atoms with E-state index in [1.165, 1.54) is 0 Å². The maximum Gasteiger partial charge on any atom is 0.243 e. The highest BCUT2D eigenvalue weighted by Gasteiger charge is 2.44. The van der Waals surface area contributed by atoms with E-state index in [-0.39, 0.29) is 17.9 Å². The minimum atomic E-state index is -0.739. The van der Waals surface area contributed by atoms with Gasteiger partial charge in [0.05, 0.1) is 21.4 Å². The molecule has 2 aliphatic rings. The highest BCUT2D eigenvalue weighted by Crippen LogP contribution is 2.31. The van der Waals surface area contributed by atoms with Crippen LogP contribution in [-0.2, 0) is 9.59 Å². The summed E-state index contributed by atoms with van der Waals surface area (Å²) in [7, 11) is 0. The molecule has 0 saturated carbocycles. The fourth-order valence-electron chi connectivity index (χ4n) is 5.68. The number of nitrogens with zero attached hydrogens (tertiary/aromatic N) is 2. The van der Waals surface area contributed by atoms with Crippen molar-refractivity contribution in [1.29, 1.82) is 0 Å². The molecule has 38 heavy (non-hydrogen) atoms. The number of amides is 2. The first kappa shape index (κ1) is 28.5. The smallest absolute Gasteiger partial charge is 0.243 e. The molecular formula is C28H38Cl2N6O2. The van der Waals surface area contributed by atoms with Gasteiger partial charge in [0.2, 0.25) is 11.8 Å². The maximum absolute atomic E-state index is 14.1. The number of rotatable bonds is 7. The molecule has 0 aromatic heterocycles. The van der Waals surface area contributed by atoms with E-state index in [1.807, 2.05) is 0 Å². The first-order chi connectivity index (χ1) is 18.1. The predicted octanol–water partition coefficient (Wildman–Crippen LogP) is 5.08. The highest BCUT2D eigenvalue weighted by molar-refractivity contribution is 6.34. The van der Waals surface area contributed by atoms with Crippen LogP contribution in [0.25, 0.3) is 0 Å².